The van der Waals surface area contributed by atoms with Crippen LogP contribution in [-0.2, 0) is 11.3 Å². The quantitative estimate of drug-likeness (QED) is 0.697. The van der Waals surface area contributed by atoms with Gasteiger partial charge < -0.3 is 9.30 Å². The van der Waals surface area contributed by atoms with Crippen molar-refractivity contribution in [2.75, 3.05) is 18.6 Å². The van der Waals surface area contributed by atoms with E-state index in [2.05, 4.69) is 9.55 Å². The number of carbonyl (C=O) groups is 1. The molecule has 0 atom stereocenters. The lowest BCUT2D eigenvalue weighted by Crippen LogP contribution is -2.27. The van der Waals surface area contributed by atoms with E-state index in [1.807, 2.05) is 54.6 Å². The van der Waals surface area contributed by atoms with Crippen molar-refractivity contribution in [3.05, 3.63) is 60.2 Å². The van der Waals surface area contributed by atoms with E-state index in [0.717, 1.165) is 34.8 Å². The van der Waals surface area contributed by atoms with Crippen molar-refractivity contribution in [3.63, 3.8) is 0 Å². The molecule has 5 nitrogen and oxygen atoms in total. The number of para-hydroxylation sites is 2. The molecule has 1 aliphatic heterocycles. The number of aromatic nitrogens is 2. The van der Waals surface area contributed by atoms with Gasteiger partial charge in [-0.1, -0.05) is 24.3 Å². The minimum atomic E-state index is -0.0557. The Labute approximate surface area is 139 Å². The molecule has 0 saturated carbocycles. The second-order valence-corrected chi connectivity index (χ2v) is 5.65. The van der Waals surface area contributed by atoms with Crippen LogP contribution in [0.15, 0.2) is 54.6 Å². The molecule has 0 fully saturated rings. The molecule has 4 rings (SSSR count). The number of methoxy groups -OCH3 is 1. The average Bonchev–Trinajstić information content (AvgIpc) is 3.19. The fourth-order valence-electron chi connectivity index (χ4n) is 2.97. The molecule has 0 N–H and O–H groups in total. The molecule has 0 saturated heterocycles. The van der Waals surface area contributed by atoms with E-state index in [1.54, 1.807) is 18.1 Å². The molecule has 24 heavy (non-hydrogen) atoms. The molecule has 1 aromatic heterocycles. The number of hydrogen-bond donors (Lipinski definition) is 0. The lowest BCUT2D eigenvalue weighted by molar-refractivity contribution is -0.114. The van der Waals surface area contributed by atoms with Crippen LogP contribution in [0.3, 0.4) is 0 Å². The first-order valence-corrected chi connectivity index (χ1v) is 7.85. The minimum absolute atomic E-state index is 0.0557. The molecular formula is C19H17N3O2. The highest BCUT2D eigenvalue weighted by Crippen LogP contribution is 2.27. The standard InChI is InChI=1S/C19H17N3O2/c1-24-15-9-6-14(7-10-15)8-11-18(23)22-13-12-21-17-5-3-2-4-16(17)20-19(21)22/h2-11H,12-13H2,1H3/b11-8+. The van der Waals surface area contributed by atoms with Crippen molar-refractivity contribution in [3.8, 4) is 5.75 Å². The summed E-state index contributed by atoms with van der Waals surface area (Å²) in [7, 11) is 1.63. The Morgan fingerprint density at radius 1 is 1.12 bits per heavy atom. The van der Waals surface area contributed by atoms with Gasteiger partial charge in [-0.15, -0.1) is 0 Å². The number of imidazole rings is 1. The summed E-state index contributed by atoms with van der Waals surface area (Å²) < 4.78 is 7.23. The van der Waals surface area contributed by atoms with Crippen molar-refractivity contribution < 1.29 is 9.53 Å². The van der Waals surface area contributed by atoms with E-state index in [0.29, 0.717) is 6.54 Å². The molecule has 1 aliphatic rings. The van der Waals surface area contributed by atoms with Crippen molar-refractivity contribution >= 4 is 29.0 Å². The van der Waals surface area contributed by atoms with Crippen molar-refractivity contribution in [2.45, 2.75) is 6.54 Å². The predicted octanol–water partition coefficient (Wildman–Crippen LogP) is 3.10. The van der Waals surface area contributed by atoms with Gasteiger partial charge >= 0.3 is 0 Å². The molecule has 0 unspecified atom stereocenters. The van der Waals surface area contributed by atoms with E-state index in [9.17, 15) is 4.79 Å². The largest absolute Gasteiger partial charge is 0.497 e. The molecule has 0 spiro atoms. The zero-order chi connectivity index (χ0) is 16.5. The molecule has 0 bridgehead atoms. The minimum Gasteiger partial charge on any atom is -0.497 e. The first kappa shape index (κ1) is 14.5. The number of fused-ring (bicyclic) bond motifs is 3. The van der Waals surface area contributed by atoms with Gasteiger partial charge in [-0.3, -0.25) is 9.69 Å². The Bertz CT molecular complexity index is 925. The summed E-state index contributed by atoms with van der Waals surface area (Å²) in [5.74, 6) is 1.46. The fraction of sp³-hybridized carbons (Fsp3) is 0.158. The first-order valence-electron chi connectivity index (χ1n) is 7.85. The number of amides is 1. The van der Waals surface area contributed by atoms with Crippen molar-refractivity contribution in [1.29, 1.82) is 0 Å². The number of anilines is 1. The van der Waals surface area contributed by atoms with Gasteiger partial charge in [-0.05, 0) is 35.9 Å². The number of benzene rings is 2. The van der Waals surface area contributed by atoms with E-state index < -0.39 is 0 Å². The first-order chi connectivity index (χ1) is 11.8. The lowest BCUT2D eigenvalue weighted by atomic mass is 10.2. The summed E-state index contributed by atoms with van der Waals surface area (Å²) in [6.07, 6.45) is 3.41. The average molecular weight is 319 g/mol. The van der Waals surface area contributed by atoms with Gasteiger partial charge in [-0.25, -0.2) is 4.98 Å². The van der Waals surface area contributed by atoms with Crippen LogP contribution >= 0.6 is 0 Å². The molecule has 0 radical (unpaired) electrons. The second kappa shape index (κ2) is 5.85. The summed E-state index contributed by atoms with van der Waals surface area (Å²) in [6.45, 7) is 1.43. The molecule has 120 valence electrons. The summed E-state index contributed by atoms with van der Waals surface area (Å²) >= 11 is 0. The van der Waals surface area contributed by atoms with Crippen molar-refractivity contribution in [1.82, 2.24) is 9.55 Å². The summed E-state index contributed by atoms with van der Waals surface area (Å²) in [5.41, 5.74) is 2.95. The fourth-order valence-corrected chi connectivity index (χ4v) is 2.97. The van der Waals surface area contributed by atoms with Crippen LogP contribution < -0.4 is 9.64 Å². The maximum atomic E-state index is 12.5. The Morgan fingerprint density at radius 3 is 2.71 bits per heavy atom. The van der Waals surface area contributed by atoms with Gasteiger partial charge in [0, 0.05) is 19.2 Å². The van der Waals surface area contributed by atoms with E-state index in [-0.39, 0.29) is 5.91 Å². The molecule has 0 aliphatic carbocycles. The highest BCUT2D eigenvalue weighted by molar-refractivity contribution is 6.04. The summed E-state index contributed by atoms with van der Waals surface area (Å²) in [5, 5.41) is 0. The Morgan fingerprint density at radius 2 is 1.92 bits per heavy atom. The van der Waals surface area contributed by atoms with Crippen LogP contribution in [0.4, 0.5) is 5.95 Å². The summed E-state index contributed by atoms with van der Waals surface area (Å²) in [4.78, 5) is 18.9. The van der Waals surface area contributed by atoms with E-state index >= 15 is 0 Å². The van der Waals surface area contributed by atoms with Crippen LogP contribution in [0, 0.1) is 0 Å². The zero-order valence-corrected chi connectivity index (χ0v) is 13.3. The van der Waals surface area contributed by atoms with Gasteiger partial charge in [-0.2, -0.15) is 0 Å². The van der Waals surface area contributed by atoms with E-state index in [4.69, 9.17) is 4.74 Å². The van der Waals surface area contributed by atoms with Gasteiger partial charge in [0.05, 0.1) is 18.1 Å². The number of ether oxygens (including phenoxy) is 1. The second-order valence-electron chi connectivity index (χ2n) is 5.65. The van der Waals surface area contributed by atoms with Crippen LogP contribution in [0.2, 0.25) is 0 Å². The van der Waals surface area contributed by atoms with Crippen LogP contribution in [0.1, 0.15) is 5.56 Å². The third-order valence-corrected chi connectivity index (χ3v) is 4.22. The number of rotatable bonds is 3. The predicted molar refractivity (Wildman–Crippen MR) is 94.1 cm³/mol. The molecular weight excluding hydrogens is 302 g/mol. The highest BCUT2D eigenvalue weighted by atomic mass is 16.5. The number of hydrogen-bond acceptors (Lipinski definition) is 3. The Balaban J connectivity index is 1.57. The van der Waals surface area contributed by atoms with Crippen LogP contribution in [0.25, 0.3) is 17.1 Å². The molecule has 2 heterocycles. The SMILES string of the molecule is COc1ccc(/C=C/C(=O)N2CCn3c2nc2ccccc23)cc1. The topological polar surface area (TPSA) is 47.4 Å². The lowest BCUT2D eigenvalue weighted by Gasteiger charge is -2.10. The third kappa shape index (κ3) is 2.44. The molecule has 2 aromatic carbocycles. The summed E-state index contributed by atoms with van der Waals surface area (Å²) in [6, 6.07) is 15.5. The van der Waals surface area contributed by atoms with E-state index in [1.165, 1.54) is 0 Å². The number of nitrogens with zero attached hydrogens (tertiary/aromatic N) is 3. The molecule has 3 aromatic rings. The van der Waals surface area contributed by atoms with Gasteiger partial charge in [0.15, 0.2) is 0 Å². The van der Waals surface area contributed by atoms with Gasteiger partial charge in [0.25, 0.3) is 5.91 Å². The Hall–Kier alpha value is -3.08. The normalized spacial score (nSPS) is 13.6. The number of carbonyl (C=O) groups excluding carboxylic acids is 1. The maximum Gasteiger partial charge on any atom is 0.253 e. The van der Waals surface area contributed by atoms with Crippen molar-refractivity contribution in [2.24, 2.45) is 0 Å². The third-order valence-electron chi connectivity index (χ3n) is 4.22. The zero-order valence-electron chi connectivity index (χ0n) is 13.3. The van der Waals surface area contributed by atoms with Crippen LogP contribution in [0.5, 0.6) is 5.75 Å². The van der Waals surface area contributed by atoms with Crippen LogP contribution in [-0.4, -0.2) is 29.1 Å². The van der Waals surface area contributed by atoms with Gasteiger partial charge in [0.1, 0.15) is 5.75 Å². The highest BCUT2D eigenvalue weighted by Gasteiger charge is 2.26. The maximum absolute atomic E-state index is 12.5. The Kier molecular flexibility index (Phi) is 3.54. The molecule has 1 amide bonds. The smallest absolute Gasteiger partial charge is 0.253 e. The molecule has 5 heteroatoms. The van der Waals surface area contributed by atoms with Gasteiger partial charge in [0.2, 0.25) is 5.95 Å². The monoisotopic (exact) mass is 319 g/mol.